The first kappa shape index (κ1) is 15.6. The second-order valence-electron chi connectivity index (χ2n) is 6.13. The van der Waals surface area contributed by atoms with Crippen LogP contribution < -0.4 is 4.90 Å². The molecule has 2 unspecified atom stereocenters. The largest absolute Gasteiger partial charge is 0.385 e. The zero-order valence-corrected chi connectivity index (χ0v) is 13.7. The Kier molecular flexibility index (Phi) is 3.79. The van der Waals surface area contributed by atoms with Crippen LogP contribution in [-0.2, 0) is 9.53 Å². The summed E-state index contributed by atoms with van der Waals surface area (Å²) in [5.41, 5.74) is -0.0387. The van der Waals surface area contributed by atoms with Gasteiger partial charge in [-0.1, -0.05) is 23.7 Å². The fraction of sp³-hybridized carbons (Fsp3) is 0.333. The average Bonchev–Trinajstić information content (AvgIpc) is 2.61. The Morgan fingerprint density at radius 2 is 2.17 bits per heavy atom. The molecule has 4 rings (SSSR count). The van der Waals surface area contributed by atoms with Gasteiger partial charge in [0.1, 0.15) is 11.9 Å². The van der Waals surface area contributed by atoms with E-state index in [1.54, 1.807) is 42.6 Å². The molecule has 1 aromatic carbocycles. The van der Waals surface area contributed by atoms with Gasteiger partial charge < -0.3 is 9.84 Å². The van der Waals surface area contributed by atoms with Crippen LogP contribution in [0.1, 0.15) is 30.9 Å². The molecule has 2 aliphatic rings. The van der Waals surface area contributed by atoms with Gasteiger partial charge >= 0.3 is 0 Å². The minimum absolute atomic E-state index is 0.289. The molecule has 0 saturated carbocycles. The van der Waals surface area contributed by atoms with Crippen LogP contribution in [0.4, 0.5) is 11.5 Å². The van der Waals surface area contributed by atoms with Crippen molar-refractivity contribution < 1.29 is 14.6 Å². The minimum Gasteiger partial charge on any atom is -0.385 e. The third-order valence-corrected chi connectivity index (χ3v) is 4.93. The predicted octanol–water partition coefficient (Wildman–Crippen LogP) is 3.39. The summed E-state index contributed by atoms with van der Waals surface area (Å²) in [6.45, 7) is 0.460. The van der Waals surface area contributed by atoms with Crippen molar-refractivity contribution >= 4 is 29.0 Å². The Hall–Kier alpha value is -1.95. The molecule has 2 aliphatic heterocycles. The number of aromatic nitrogens is 1. The van der Waals surface area contributed by atoms with Gasteiger partial charge in [-0.05, 0) is 43.5 Å². The van der Waals surface area contributed by atoms with Gasteiger partial charge in [-0.2, -0.15) is 0 Å². The zero-order valence-electron chi connectivity index (χ0n) is 13.0. The van der Waals surface area contributed by atoms with Crippen molar-refractivity contribution in [3.63, 3.8) is 0 Å². The first-order valence-corrected chi connectivity index (χ1v) is 8.38. The van der Waals surface area contributed by atoms with Crippen LogP contribution in [0, 0.1) is 0 Å². The molecular weight excluding hydrogens is 328 g/mol. The summed E-state index contributed by atoms with van der Waals surface area (Å²) < 4.78 is 5.87. The van der Waals surface area contributed by atoms with E-state index in [0.717, 1.165) is 12.8 Å². The van der Waals surface area contributed by atoms with Crippen LogP contribution in [0.15, 0.2) is 42.6 Å². The lowest BCUT2D eigenvalue weighted by atomic mass is 9.80. The van der Waals surface area contributed by atoms with Crippen LogP contribution in [0.5, 0.6) is 0 Å². The maximum atomic E-state index is 13.3. The Morgan fingerprint density at radius 3 is 2.92 bits per heavy atom. The standard InChI is InChI=1S/C18H17ClN2O3/c19-12-5-3-6-13(11-12)21-16-14(7-4-9-20-16)15(22)18(17(21)23)8-1-2-10-24-18/h3-7,9,11,15,22H,1-2,8,10H2. The molecule has 1 fully saturated rings. The molecule has 1 amide bonds. The highest BCUT2D eigenvalue weighted by Crippen LogP contribution is 2.47. The van der Waals surface area contributed by atoms with Crippen molar-refractivity contribution in [3.05, 3.63) is 53.2 Å². The lowest BCUT2D eigenvalue weighted by molar-refractivity contribution is -0.175. The van der Waals surface area contributed by atoms with Crippen molar-refractivity contribution in [2.45, 2.75) is 31.0 Å². The van der Waals surface area contributed by atoms with Gasteiger partial charge in [0.05, 0.1) is 5.69 Å². The van der Waals surface area contributed by atoms with E-state index < -0.39 is 11.7 Å². The number of halogens is 1. The monoisotopic (exact) mass is 344 g/mol. The van der Waals surface area contributed by atoms with Gasteiger partial charge in [0, 0.05) is 23.4 Å². The number of pyridine rings is 1. The Morgan fingerprint density at radius 1 is 1.29 bits per heavy atom. The van der Waals surface area contributed by atoms with Crippen molar-refractivity contribution in [1.82, 2.24) is 4.98 Å². The van der Waals surface area contributed by atoms with E-state index in [4.69, 9.17) is 16.3 Å². The minimum atomic E-state index is -1.25. The van der Waals surface area contributed by atoms with E-state index >= 15 is 0 Å². The van der Waals surface area contributed by atoms with Gasteiger partial charge in [-0.3, -0.25) is 9.69 Å². The van der Waals surface area contributed by atoms with Crippen molar-refractivity contribution in [2.75, 3.05) is 11.5 Å². The summed E-state index contributed by atoms with van der Waals surface area (Å²) in [5, 5.41) is 11.4. The average molecular weight is 345 g/mol. The topological polar surface area (TPSA) is 62.7 Å². The third-order valence-electron chi connectivity index (χ3n) is 4.70. The number of rotatable bonds is 1. The number of ether oxygens (including phenoxy) is 1. The number of hydrogen-bond donors (Lipinski definition) is 1. The molecule has 2 aromatic rings. The molecule has 1 N–H and O–H groups in total. The first-order valence-electron chi connectivity index (χ1n) is 8.00. The fourth-order valence-corrected chi connectivity index (χ4v) is 3.70. The molecule has 1 aromatic heterocycles. The second-order valence-corrected chi connectivity index (χ2v) is 6.57. The Balaban J connectivity index is 1.91. The number of carbonyl (C=O) groups excluding carboxylic acids is 1. The van der Waals surface area contributed by atoms with Gasteiger partial charge in [0.15, 0.2) is 5.60 Å². The van der Waals surface area contributed by atoms with E-state index in [2.05, 4.69) is 4.98 Å². The Bertz CT molecular complexity index is 789. The number of carbonyl (C=O) groups is 1. The van der Waals surface area contributed by atoms with Crippen molar-refractivity contribution in [3.8, 4) is 0 Å². The molecule has 124 valence electrons. The third kappa shape index (κ3) is 2.24. The summed E-state index contributed by atoms with van der Waals surface area (Å²) in [5.74, 6) is 0.139. The van der Waals surface area contributed by atoms with Crippen molar-refractivity contribution in [2.24, 2.45) is 0 Å². The number of amides is 1. The highest BCUT2D eigenvalue weighted by molar-refractivity contribution is 6.31. The van der Waals surface area contributed by atoms with Crippen molar-refractivity contribution in [1.29, 1.82) is 0 Å². The normalized spacial score (nSPS) is 26.5. The van der Waals surface area contributed by atoms with E-state index in [1.807, 2.05) is 0 Å². The quantitative estimate of drug-likeness (QED) is 0.861. The van der Waals surface area contributed by atoms with Gasteiger partial charge in [-0.25, -0.2) is 4.98 Å². The number of aliphatic hydroxyl groups is 1. The molecule has 1 spiro atoms. The van der Waals surface area contributed by atoms with Crippen LogP contribution in [0.2, 0.25) is 5.02 Å². The second kappa shape index (κ2) is 5.84. The number of benzene rings is 1. The maximum absolute atomic E-state index is 13.3. The maximum Gasteiger partial charge on any atom is 0.268 e. The molecule has 24 heavy (non-hydrogen) atoms. The summed E-state index contributed by atoms with van der Waals surface area (Å²) in [4.78, 5) is 19.2. The lowest BCUT2D eigenvalue weighted by Gasteiger charge is -2.46. The SMILES string of the molecule is O=C1N(c2cccc(Cl)c2)c2ncccc2C(O)C12CCCCO2. The highest BCUT2D eigenvalue weighted by Gasteiger charge is 2.55. The van der Waals surface area contributed by atoms with E-state index in [9.17, 15) is 9.90 Å². The van der Waals surface area contributed by atoms with Gasteiger partial charge in [0.2, 0.25) is 0 Å². The molecular formula is C18H17ClN2O3. The first-order chi connectivity index (χ1) is 11.6. The summed E-state index contributed by atoms with van der Waals surface area (Å²) in [7, 11) is 0. The fourth-order valence-electron chi connectivity index (χ4n) is 3.52. The van der Waals surface area contributed by atoms with Crippen LogP contribution in [0.25, 0.3) is 0 Å². The summed E-state index contributed by atoms with van der Waals surface area (Å²) in [6, 6.07) is 10.6. The number of fused-ring (bicyclic) bond motifs is 1. The van der Waals surface area contributed by atoms with Gasteiger partial charge in [-0.15, -0.1) is 0 Å². The van der Waals surface area contributed by atoms with Gasteiger partial charge in [0.25, 0.3) is 5.91 Å². The number of anilines is 2. The number of nitrogens with zero attached hydrogens (tertiary/aromatic N) is 2. The molecule has 3 heterocycles. The molecule has 6 heteroatoms. The van der Waals surface area contributed by atoms with Crippen LogP contribution in [-0.4, -0.2) is 28.2 Å². The smallest absolute Gasteiger partial charge is 0.268 e. The summed E-state index contributed by atoms with van der Waals surface area (Å²) in [6.07, 6.45) is 2.79. The zero-order chi connectivity index (χ0) is 16.7. The van der Waals surface area contributed by atoms with E-state index in [-0.39, 0.29) is 5.91 Å². The lowest BCUT2D eigenvalue weighted by Crippen LogP contribution is -2.58. The number of hydrogen-bond acceptors (Lipinski definition) is 4. The predicted molar refractivity (Wildman–Crippen MR) is 90.3 cm³/mol. The van der Waals surface area contributed by atoms with Crippen LogP contribution in [0.3, 0.4) is 0 Å². The van der Waals surface area contributed by atoms with E-state index in [1.165, 1.54) is 4.90 Å². The molecule has 0 radical (unpaired) electrons. The molecule has 2 atom stereocenters. The van der Waals surface area contributed by atoms with Crippen LogP contribution >= 0.6 is 11.6 Å². The molecule has 0 bridgehead atoms. The highest BCUT2D eigenvalue weighted by atomic mass is 35.5. The molecule has 1 saturated heterocycles. The van der Waals surface area contributed by atoms with E-state index in [0.29, 0.717) is 35.1 Å². The number of aliphatic hydroxyl groups excluding tert-OH is 1. The molecule has 0 aliphatic carbocycles. The molecule has 5 nitrogen and oxygen atoms in total. The Labute approximate surface area is 144 Å². The summed E-state index contributed by atoms with van der Waals surface area (Å²) >= 11 is 6.11.